The Morgan fingerprint density at radius 1 is 1.10 bits per heavy atom. The number of piperidine rings is 1. The number of aryl methyl sites for hydroxylation is 1. The summed E-state index contributed by atoms with van der Waals surface area (Å²) in [6, 6.07) is 15.9. The number of benzene rings is 2. The van der Waals surface area contributed by atoms with E-state index in [9.17, 15) is 4.79 Å². The maximum atomic E-state index is 13.7. The molecule has 0 bridgehead atoms. The van der Waals surface area contributed by atoms with Crippen LogP contribution in [0.15, 0.2) is 60.9 Å². The van der Waals surface area contributed by atoms with Crippen molar-refractivity contribution in [3.8, 4) is 11.3 Å². The van der Waals surface area contributed by atoms with Crippen LogP contribution in [0.25, 0.3) is 11.3 Å². The first kappa shape index (κ1) is 27.8. The molecule has 6 rings (SSSR count). The van der Waals surface area contributed by atoms with Gasteiger partial charge in [-0.2, -0.15) is 0 Å². The minimum Gasteiger partial charge on any atom is -0.341 e. The number of carbonyl (C=O) groups excluding carboxylic acids is 1. The zero-order valence-electron chi connectivity index (χ0n) is 23.3. The molecule has 1 fully saturated rings. The lowest BCUT2D eigenvalue weighted by Gasteiger charge is -2.35. The van der Waals surface area contributed by atoms with E-state index in [1.54, 1.807) is 6.20 Å². The highest BCUT2D eigenvalue weighted by molar-refractivity contribution is 6.33. The van der Waals surface area contributed by atoms with E-state index in [1.165, 1.54) is 5.56 Å². The van der Waals surface area contributed by atoms with Gasteiger partial charge >= 0.3 is 0 Å². The van der Waals surface area contributed by atoms with Crippen LogP contribution in [-0.2, 0) is 6.54 Å². The molecule has 1 atom stereocenters. The van der Waals surface area contributed by atoms with Gasteiger partial charge in [0, 0.05) is 36.1 Å². The third-order valence-electron chi connectivity index (χ3n) is 8.25. The monoisotopic (exact) mass is 588 g/mol. The molecule has 41 heavy (non-hydrogen) atoms. The van der Waals surface area contributed by atoms with Gasteiger partial charge in [0.2, 0.25) is 5.95 Å². The summed E-state index contributed by atoms with van der Waals surface area (Å²) in [5.74, 6) is 1.01. The van der Waals surface area contributed by atoms with Crippen LogP contribution in [0, 0.1) is 6.92 Å². The number of anilines is 2. The van der Waals surface area contributed by atoms with Crippen molar-refractivity contribution in [3.63, 3.8) is 0 Å². The van der Waals surface area contributed by atoms with Gasteiger partial charge < -0.3 is 20.1 Å². The van der Waals surface area contributed by atoms with Crippen molar-refractivity contribution in [1.29, 1.82) is 0 Å². The largest absolute Gasteiger partial charge is 0.341 e. The predicted octanol–water partition coefficient (Wildman–Crippen LogP) is 7.38. The van der Waals surface area contributed by atoms with Gasteiger partial charge in [-0.3, -0.25) is 4.79 Å². The fourth-order valence-corrected chi connectivity index (χ4v) is 6.51. The number of hydrogen-bond acceptors (Lipinski definition) is 5. The minimum absolute atomic E-state index is 0.0139. The maximum Gasteiger partial charge on any atom is 0.271 e. The van der Waals surface area contributed by atoms with Crippen molar-refractivity contribution in [2.24, 2.45) is 0 Å². The van der Waals surface area contributed by atoms with E-state index in [2.05, 4.69) is 34.7 Å². The lowest BCUT2D eigenvalue weighted by Crippen LogP contribution is -2.42. The summed E-state index contributed by atoms with van der Waals surface area (Å²) >= 11 is 13.0. The first-order valence-electron chi connectivity index (χ1n) is 14.3. The molecule has 4 heterocycles. The molecule has 2 aromatic heterocycles. The van der Waals surface area contributed by atoms with Crippen LogP contribution in [-0.4, -0.2) is 45.0 Å². The van der Waals surface area contributed by atoms with Gasteiger partial charge in [0.15, 0.2) is 0 Å². The smallest absolute Gasteiger partial charge is 0.271 e. The molecule has 1 amide bonds. The fourth-order valence-electron chi connectivity index (χ4n) is 6.07. The van der Waals surface area contributed by atoms with Crippen LogP contribution in [0.5, 0.6) is 0 Å². The van der Waals surface area contributed by atoms with Crippen molar-refractivity contribution >= 4 is 40.7 Å². The summed E-state index contributed by atoms with van der Waals surface area (Å²) in [7, 11) is 0. The Bertz CT molecular complexity index is 1580. The van der Waals surface area contributed by atoms with Crippen molar-refractivity contribution < 1.29 is 4.79 Å². The second-order valence-corrected chi connectivity index (χ2v) is 11.7. The molecule has 0 aliphatic carbocycles. The van der Waals surface area contributed by atoms with Crippen molar-refractivity contribution in [2.75, 3.05) is 25.0 Å². The molecule has 212 valence electrons. The summed E-state index contributed by atoms with van der Waals surface area (Å²) < 4.78 is 2.03. The standard InChI is InChI=1S/C32H34Cl2N6O/c1-3-28(23-5-4-6-25(33)15-23)40-14-13-39-19-24(17-29(39)31(40)41)30-20(2)18-36-32(38-30)37-27-8-7-22(16-26(27)34)21-9-11-35-12-10-21/h4-8,15-19,21,28,35H,3,9-14H2,1-2H3,(H,36,37,38)/t28-/m1/s1. The molecule has 4 aromatic rings. The van der Waals surface area contributed by atoms with Gasteiger partial charge in [-0.15, -0.1) is 0 Å². The lowest BCUT2D eigenvalue weighted by atomic mass is 9.90. The lowest BCUT2D eigenvalue weighted by molar-refractivity contribution is 0.0610. The molecule has 2 N–H and O–H groups in total. The molecule has 0 saturated carbocycles. The normalized spacial score (nSPS) is 16.5. The highest BCUT2D eigenvalue weighted by Crippen LogP contribution is 2.34. The van der Waals surface area contributed by atoms with Crippen molar-refractivity contribution in [1.82, 2.24) is 24.8 Å². The SMILES string of the molecule is CC[C@H](c1cccc(Cl)c1)N1CCn2cc(-c3nc(Nc4ccc(C5CCNCC5)cc4Cl)ncc3C)cc2C1=O. The first-order chi connectivity index (χ1) is 19.9. The summed E-state index contributed by atoms with van der Waals surface area (Å²) in [5, 5.41) is 8.05. The number of nitrogens with one attached hydrogen (secondary N) is 2. The van der Waals surface area contributed by atoms with E-state index in [0.717, 1.165) is 60.4 Å². The average Bonchev–Trinajstić information content (AvgIpc) is 3.42. The quantitative estimate of drug-likeness (QED) is 0.235. The number of hydrogen-bond donors (Lipinski definition) is 2. The van der Waals surface area contributed by atoms with Gasteiger partial charge in [0.25, 0.3) is 5.91 Å². The summed E-state index contributed by atoms with van der Waals surface area (Å²) in [5.41, 5.74) is 6.36. The topological polar surface area (TPSA) is 75.1 Å². The van der Waals surface area contributed by atoms with Crippen LogP contribution in [0.2, 0.25) is 10.0 Å². The van der Waals surface area contributed by atoms with E-state index in [4.69, 9.17) is 28.2 Å². The molecular formula is C32H34Cl2N6O. The Morgan fingerprint density at radius 3 is 2.68 bits per heavy atom. The van der Waals surface area contributed by atoms with Crippen LogP contribution in [0.1, 0.15) is 65.3 Å². The van der Waals surface area contributed by atoms with Crippen LogP contribution in [0.3, 0.4) is 0 Å². The second-order valence-electron chi connectivity index (χ2n) is 10.9. The number of amides is 1. The number of halogens is 2. The molecule has 9 heteroatoms. The van der Waals surface area contributed by atoms with E-state index >= 15 is 0 Å². The molecule has 2 aliphatic rings. The average molecular weight is 590 g/mol. The van der Waals surface area contributed by atoms with Crippen LogP contribution < -0.4 is 10.6 Å². The number of carbonyl (C=O) groups is 1. The number of fused-ring (bicyclic) bond motifs is 1. The van der Waals surface area contributed by atoms with Gasteiger partial charge in [0.1, 0.15) is 5.69 Å². The van der Waals surface area contributed by atoms with Gasteiger partial charge in [0.05, 0.1) is 22.4 Å². The zero-order valence-corrected chi connectivity index (χ0v) is 24.8. The van der Waals surface area contributed by atoms with Gasteiger partial charge in [-0.05, 0) is 92.2 Å². The molecule has 0 unspecified atom stereocenters. The first-order valence-corrected chi connectivity index (χ1v) is 15.0. The Kier molecular flexibility index (Phi) is 8.02. The number of nitrogens with zero attached hydrogens (tertiary/aromatic N) is 4. The number of aromatic nitrogens is 3. The Balaban J connectivity index is 1.23. The third kappa shape index (κ3) is 5.71. The molecule has 0 spiro atoms. The van der Waals surface area contributed by atoms with E-state index in [-0.39, 0.29) is 11.9 Å². The summed E-state index contributed by atoms with van der Waals surface area (Å²) in [6.45, 7) is 7.51. The molecule has 2 aromatic carbocycles. The minimum atomic E-state index is -0.0317. The van der Waals surface area contributed by atoms with Crippen molar-refractivity contribution in [2.45, 2.75) is 51.6 Å². The highest BCUT2D eigenvalue weighted by atomic mass is 35.5. The van der Waals surface area contributed by atoms with Crippen molar-refractivity contribution in [3.05, 3.63) is 93.4 Å². The molecular weight excluding hydrogens is 555 g/mol. The van der Waals surface area contributed by atoms with E-state index < -0.39 is 0 Å². The zero-order chi connectivity index (χ0) is 28.5. The van der Waals surface area contributed by atoms with Crippen LogP contribution in [0.4, 0.5) is 11.6 Å². The molecule has 1 saturated heterocycles. The molecule has 2 aliphatic heterocycles. The highest BCUT2D eigenvalue weighted by Gasteiger charge is 2.31. The summed E-state index contributed by atoms with van der Waals surface area (Å²) in [4.78, 5) is 25.0. The maximum absolute atomic E-state index is 13.7. The summed E-state index contributed by atoms with van der Waals surface area (Å²) in [6.07, 6.45) is 6.87. The molecule has 0 radical (unpaired) electrons. The Hall–Kier alpha value is -3.39. The van der Waals surface area contributed by atoms with E-state index in [0.29, 0.717) is 40.7 Å². The molecule has 7 nitrogen and oxygen atoms in total. The fraction of sp³-hybridized carbons (Fsp3) is 0.344. The van der Waals surface area contributed by atoms with Crippen LogP contribution >= 0.6 is 23.2 Å². The number of rotatable bonds is 7. The predicted molar refractivity (Wildman–Crippen MR) is 165 cm³/mol. The second kappa shape index (κ2) is 11.8. The Morgan fingerprint density at radius 2 is 1.93 bits per heavy atom. The van der Waals surface area contributed by atoms with Gasteiger partial charge in [-0.25, -0.2) is 9.97 Å². The van der Waals surface area contributed by atoms with Gasteiger partial charge in [-0.1, -0.05) is 48.3 Å². The Labute approximate surface area is 250 Å². The van der Waals surface area contributed by atoms with E-state index in [1.807, 2.05) is 59.0 Å². The third-order valence-corrected chi connectivity index (χ3v) is 8.80.